The second-order valence-corrected chi connectivity index (χ2v) is 6.97. The van der Waals surface area contributed by atoms with Crippen LogP contribution in [0.4, 0.5) is 5.69 Å². The Kier molecular flexibility index (Phi) is 5.58. The average Bonchev–Trinajstić information content (AvgIpc) is 2.45. The highest BCUT2D eigenvalue weighted by Gasteiger charge is 2.18. The molecule has 0 atom stereocenters. The summed E-state index contributed by atoms with van der Waals surface area (Å²) >= 11 is 0. The molecule has 0 heterocycles. The van der Waals surface area contributed by atoms with Crippen LogP contribution in [0.15, 0.2) is 29.2 Å². The molecule has 1 fully saturated rings. The number of ether oxygens (including phenoxy) is 1. The number of hydrogen-bond donors (Lipinski definition) is 3. The fraction of sp³-hybridized carbons (Fsp3) is 0.571. The van der Waals surface area contributed by atoms with Crippen LogP contribution in [-0.2, 0) is 14.8 Å². The molecule has 0 aromatic heterocycles. The standard InChI is InChI=1S/C14H23N3O3S/c15-11-1-5-13(6-2-11)20-10-9-17-12-3-7-14(8-4-12)21(16,18)19/h3-4,7-8,11,13,17H,1-2,5-6,9-10,15H2,(H2,16,18,19). The van der Waals surface area contributed by atoms with E-state index in [9.17, 15) is 8.42 Å². The second kappa shape index (κ2) is 7.22. The first-order chi connectivity index (χ1) is 9.95. The van der Waals surface area contributed by atoms with Crippen molar-refractivity contribution in [2.75, 3.05) is 18.5 Å². The molecule has 1 saturated carbocycles. The summed E-state index contributed by atoms with van der Waals surface area (Å²) in [4.78, 5) is 0.114. The molecule has 0 aliphatic heterocycles. The molecule has 0 saturated heterocycles. The van der Waals surface area contributed by atoms with Crippen molar-refractivity contribution < 1.29 is 13.2 Å². The van der Waals surface area contributed by atoms with Crippen molar-refractivity contribution in [3.63, 3.8) is 0 Å². The van der Waals surface area contributed by atoms with E-state index in [0.717, 1.165) is 31.4 Å². The van der Waals surface area contributed by atoms with E-state index in [1.165, 1.54) is 12.1 Å². The zero-order valence-electron chi connectivity index (χ0n) is 12.0. The summed E-state index contributed by atoms with van der Waals surface area (Å²) in [7, 11) is -3.63. The first-order valence-corrected chi connectivity index (χ1v) is 8.74. The van der Waals surface area contributed by atoms with Gasteiger partial charge < -0.3 is 15.8 Å². The number of hydrogen-bond acceptors (Lipinski definition) is 5. The van der Waals surface area contributed by atoms with E-state index in [0.29, 0.717) is 25.3 Å². The van der Waals surface area contributed by atoms with Crippen molar-refractivity contribution in [3.05, 3.63) is 24.3 Å². The highest BCUT2D eigenvalue weighted by Crippen LogP contribution is 2.19. The summed E-state index contributed by atoms with van der Waals surface area (Å²) < 4.78 is 28.1. The van der Waals surface area contributed by atoms with Crippen LogP contribution in [0.3, 0.4) is 0 Å². The van der Waals surface area contributed by atoms with Crippen molar-refractivity contribution in [1.82, 2.24) is 0 Å². The van der Waals surface area contributed by atoms with Crippen LogP contribution in [0.5, 0.6) is 0 Å². The number of nitrogens with one attached hydrogen (secondary N) is 1. The Morgan fingerprint density at radius 2 is 1.76 bits per heavy atom. The van der Waals surface area contributed by atoms with Gasteiger partial charge in [0, 0.05) is 18.3 Å². The molecule has 0 radical (unpaired) electrons. The van der Waals surface area contributed by atoms with Gasteiger partial charge in [0.05, 0.1) is 17.6 Å². The van der Waals surface area contributed by atoms with Crippen LogP contribution >= 0.6 is 0 Å². The molecule has 0 unspecified atom stereocenters. The molecule has 7 heteroatoms. The van der Waals surface area contributed by atoms with E-state index in [-0.39, 0.29) is 4.90 Å². The number of benzene rings is 1. The number of primary sulfonamides is 1. The maximum absolute atomic E-state index is 11.1. The van der Waals surface area contributed by atoms with Gasteiger partial charge in [-0.3, -0.25) is 0 Å². The first kappa shape index (κ1) is 16.2. The molecular weight excluding hydrogens is 290 g/mol. The molecule has 2 rings (SSSR count). The van der Waals surface area contributed by atoms with E-state index in [1.807, 2.05) is 0 Å². The third-order valence-corrected chi connectivity index (χ3v) is 4.62. The number of anilines is 1. The lowest BCUT2D eigenvalue weighted by Gasteiger charge is -2.26. The summed E-state index contributed by atoms with van der Waals surface area (Å²) in [6.07, 6.45) is 4.45. The average molecular weight is 313 g/mol. The fourth-order valence-electron chi connectivity index (χ4n) is 2.44. The first-order valence-electron chi connectivity index (χ1n) is 7.19. The highest BCUT2D eigenvalue weighted by molar-refractivity contribution is 7.89. The van der Waals surface area contributed by atoms with Gasteiger partial charge in [0.25, 0.3) is 0 Å². The van der Waals surface area contributed by atoms with E-state index >= 15 is 0 Å². The largest absolute Gasteiger partial charge is 0.383 e. The van der Waals surface area contributed by atoms with Gasteiger partial charge in [-0.25, -0.2) is 13.6 Å². The quantitative estimate of drug-likeness (QED) is 0.680. The number of nitrogens with two attached hydrogens (primary N) is 2. The molecule has 1 aliphatic rings. The molecule has 1 aromatic rings. The lowest BCUT2D eigenvalue weighted by Crippen LogP contribution is -2.31. The molecule has 0 amide bonds. The number of sulfonamides is 1. The molecule has 1 aliphatic carbocycles. The molecule has 6 nitrogen and oxygen atoms in total. The van der Waals surface area contributed by atoms with Crippen molar-refractivity contribution >= 4 is 15.7 Å². The molecule has 5 N–H and O–H groups in total. The Morgan fingerprint density at radius 3 is 2.33 bits per heavy atom. The van der Waals surface area contributed by atoms with Crippen LogP contribution in [0.25, 0.3) is 0 Å². The Labute approximate surface area is 125 Å². The number of rotatable bonds is 6. The van der Waals surface area contributed by atoms with Crippen molar-refractivity contribution in [2.24, 2.45) is 10.9 Å². The van der Waals surface area contributed by atoms with Crippen molar-refractivity contribution in [1.29, 1.82) is 0 Å². The molecule has 0 spiro atoms. The van der Waals surface area contributed by atoms with Gasteiger partial charge in [-0.2, -0.15) is 0 Å². The molecular formula is C14H23N3O3S. The van der Waals surface area contributed by atoms with Crippen molar-refractivity contribution in [2.45, 2.75) is 42.7 Å². The van der Waals surface area contributed by atoms with Gasteiger partial charge in [0.15, 0.2) is 0 Å². The zero-order chi connectivity index (χ0) is 15.3. The maximum Gasteiger partial charge on any atom is 0.238 e. The second-order valence-electron chi connectivity index (χ2n) is 5.40. The SMILES string of the molecule is NC1CCC(OCCNc2ccc(S(N)(=O)=O)cc2)CC1. The Morgan fingerprint density at radius 1 is 1.14 bits per heavy atom. The summed E-state index contributed by atoms with van der Waals surface area (Å²) in [6, 6.07) is 6.70. The summed E-state index contributed by atoms with van der Waals surface area (Å²) in [5.74, 6) is 0. The minimum absolute atomic E-state index is 0.114. The van der Waals surface area contributed by atoms with Crippen LogP contribution < -0.4 is 16.2 Å². The Balaban J connectivity index is 1.69. The summed E-state index contributed by atoms with van der Waals surface area (Å²) in [5, 5.41) is 8.23. The predicted molar refractivity (Wildman–Crippen MR) is 82.5 cm³/mol. The minimum Gasteiger partial charge on any atom is -0.383 e. The highest BCUT2D eigenvalue weighted by atomic mass is 32.2. The van der Waals surface area contributed by atoms with Crippen molar-refractivity contribution in [3.8, 4) is 0 Å². The molecule has 0 bridgehead atoms. The van der Waals surface area contributed by atoms with Gasteiger partial charge in [-0.1, -0.05) is 0 Å². The lowest BCUT2D eigenvalue weighted by atomic mass is 9.94. The van der Waals surface area contributed by atoms with E-state index in [4.69, 9.17) is 15.6 Å². The minimum atomic E-state index is -3.63. The Bertz CT molecular complexity index is 537. The monoisotopic (exact) mass is 313 g/mol. The molecule has 118 valence electrons. The van der Waals surface area contributed by atoms with Gasteiger partial charge in [0.1, 0.15) is 0 Å². The topological polar surface area (TPSA) is 107 Å². The molecule has 1 aromatic carbocycles. The van der Waals surface area contributed by atoms with Gasteiger partial charge in [-0.05, 0) is 49.9 Å². The van der Waals surface area contributed by atoms with Gasteiger partial charge in [0.2, 0.25) is 10.0 Å². The molecule has 21 heavy (non-hydrogen) atoms. The van der Waals surface area contributed by atoms with Crippen LogP contribution in [-0.4, -0.2) is 33.7 Å². The third-order valence-electron chi connectivity index (χ3n) is 3.69. The summed E-state index contributed by atoms with van der Waals surface area (Å²) in [6.45, 7) is 1.30. The zero-order valence-corrected chi connectivity index (χ0v) is 12.8. The van der Waals surface area contributed by atoms with Gasteiger partial charge >= 0.3 is 0 Å². The smallest absolute Gasteiger partial charge is 0.238 e. The fourth-order valence-corrected chi connectivity index (χ4v) is 2.95. The third kappa shape index (κ3) is 5.28. The summed E-state index contributed by atoms with van der Waals surface area (Å²) in [5.41, 5.74) is 6.70. The van der Waals surface area contributed by atoms with Crippen LogP contribution in [0.1, 0.15) is 25.7 Å². The van der Waals surface area contributed by atoms with E-state index < -0.39 is 10.0 Å². The van der Waals surface area contributed by atoms with E-state index in [1.54, 1.807) is 12.1 Å². The lowest BCUT2D eigenvalue weighted by molar-refractivity contribution is 0.0313. The van der Waals surface area contributed by atoms with Gasteiger partial charge in [-0.15, -0.1) is 0 Å². The van der Waals surface area contributed by atoms with E-state index in [2.05, 4.69) is 5.32 Å². The van der Waals surface area contributed by atoms with Crippen LogP contribution in [0, 0.1) is 0 Å². The van der Waals surface area contributed by atoms with Crippen LogP contribution in [0.2, 0.25) is 0 Å². The maximum atomic E-state index is 11.1. The predicted octanol–water partition coefficient (Wildman–Crippen LogP) is 1.03. The Hall–Kier alpha value is -1.15. The normalized spacial score (nSPS) is 23.0.